The average Bonchev–Trinajstić information content (AvgIpc) is 2.68. The number of halogens is 2. The lowest BCUT2D eigenvalue weighted by atomic mass is 10.2. The third-order valence-corrected chi connectivity index (χ3v) is 4.58. The van der Waals surface area contributed by atoms with Crippen molar-refractivity contribution >= 4 is 34.5 Å². The molecule has 0 aliphatic carbocycles. The SMILES string of the molecule is CCOc1cc(C=Nc2ccccc2)cc(I)c1OCc1ccccc1F. The van der Waals surface area contributed by atoms with Crippen molar-refractivity contribution in [3.05, 3.63) is 87.2 Å². The number of ether oxygens (including phenoxy) is 2. The summed E-state index contributed by atoms with van der Waals surface area (Å²) in [5.74, 6) is 0.949. The lowest BCUT2D eigenvalue weighted by molar-refractivity contribution is 0.264. The van der Waals surface area contributed by atoms with E-state index in [2.05, 4.69) is 27.6 Å². The Labute approximate surface area is 172 Å². The summed E-state index contributed by atoms with van der Waals surface area (Å²) < 4.78 is 26.3. The Hall–Kier alpha value is -2.41. The van der Waals surface area contributed by atoms with Gasteiger partial charge in [0.15, 0.2) is 11.5 Å². The highest BCUT2D eigenvalue weighted by Gasteiger charge is 2.13. The van der Waals surface area contributed by atoms with Crippen LogP contribution in [0.15, 0.2) is 71.7 Å². The summed E-state index contributed by atoms with van der Waals surface area (Å²) in [5, 5.41) is 0. The van der Waals surface area contributed by atoms with Crippen molar-refractivity contribution < 1.29 is 13.9 Å². The standard InChI is InChI=1S/C22H19FINO2/c1-2-26-21-13-16(14-25-18-9-4-3-5-10-18)12-20(24)22(21)27-15-17-8-6-7-11-19(17)23/h3-14H,2,15H2,1H3. The zero-order chi connectivity index (χ0) is 19.1. The van der Waals surface area contributed by atoms with Crippen molar-refractivity contribution in [3.63, 3.8) is 0 Å². The minimum Gasteiger partial charge on any atom is -0.490 e. The molecular weight excluding hydrogens is 456 g/mol. The van der Waals surface area contributed by atoms with Crippen molar-refractivity contribution in [1.29, 1.82) is 0 Å². The summed E-state index contributed by atoms with van der Waals surface area (Å²) in [6, 6.07) is 20.2. The summed E-state index contributed by atoms with van der Waals surface area (Å²) in [7, 11) is 0. The van der Waals surface area contributed by atoms with Crippen LogP contribution in [0.5, 0.6) is 11.5 Å². The van der Waals surface area contributed by atoms with Crippen molar-refractivity contribution in [2.45, 2.75) is 13.5 Å². The van der Waals surface area contributed by atoms with Gasteiger partial charge >= 0.3 is 0 Å². The zero-order valence-electron chi connectivity index (χ0n) is 14.9. The van der Waals surface area contributed by atoms with Crippen LogP contribution in [-0.4, -0.2) is 12.8 Å². The smallest absolute Gasteiger partial charge is 0.175 e. The van der Waals surface area contributed by atoms with E-state index in [0.717, 1.165) is 14.8 Å². The second kappa shape index (κ2) is 9.50. The van der Waals surface area contributed by atoms with Gasteiger partial charge in [0.1, 0.15) is 12.4 Å². The average molecular weight is 475 g/mol. The lowest BCUT2D eigenvalue weighted by Crippen LogP contribution is -2.03. The molecule has 0 spiro atoms. The fourth-order valence-electron chi connectivity index (χ4n) is 2.49. The molecule has 0 N–H and O–H groups in total. The molecule has 0 fully saturated rings. The van der Waals surface area contributed by atoms with E-state index in [1.54, 1.807) is 24.4 Å². The fourth-order valence-corrected chi connectivity index (χ4v) is 3.28. The molecule has 0 bridgehead atoms. The molecule has 3 nitrogen and oxygen atoms in total. The minimum atomic E-state index is -0.280. The summed E-state index contributed by atoms with van der Waals surface area (Å²) in [6.07, 6.45) is 1.79. The van der Waals surface area contributed by atoms with Crippen molar-refractivity contribution in [2.75, 3.05) is 6.61 Å². The van der Waals surface area contributed by atoms with Crippen LogP contribution in [0.4, 0.5) is 10.1 Å². The molecule has 3 aromatic carbocycles. The summed E-state index contributed by atoms with van der Waals surface area (Å²) in [6.45, 7) is 2.56. The molecule has 0 saturated heterocycles. The van der Waals surface area contributed by atoms with Gasteiger partial charge in [-0.15, -0.1) is 0 Å². The van der Waals surface area contributed by atoms with Crippen LogP contribution in [0.3, 0.4) is 0 Å². The maximum absolute atomic E-state index is 13.8. The van der Waals surface area contributed by atoms with E-state index in [-0.39, 0.29) is 12.4 Å². The highest BCUT2D eigenvalue weighted by Crippen LogP contribution is 2.34. The third kappa shape index (κ3) is 5.29. The second-order valence-electron chi connectivity index (χ2n) is 5.74. The van der Waals surface area contributed by atoms with Gasteiger partial charge in [0.25, 0.3) is 0 Å². The number of hydrogen-bond donors (Lipinski definition) is 0. The van der Waals surface area contributed by atoms with Gasteiger partial charge < -0.3 is 9.47 Å². The Bertz CT molecular complexity index is 929. The molecule has 0 aliphatic rings. The van der Waals surface area contributed by atoms with Crippen molar-refractivity contribution in [3.8, 4) is 11.5 Å². The van der Waals surface area contributed by atoms with E-state index >= 15 is 0 Å². The first-order valence-electron chi connectivity index (χ1n) is 8.59. The van der Waals surface area contributed by atoms with Gasteiger partial charge in [-0.3, -0.25) is 4.99 Å². The van der Waals surface area contributed by atoms with Gasteiger partial charge in [-0.25, -0.2) is 4.39 Å². The number of hydrogen-bond acceptors (Lipinski definition) is 3. The molecule has 5 heteroatoms. The normalized spacial score (nSPS) is 10.9. The highest BCUT2D eigenvalue weighted by atomic mass is 127. The summed E-state index contributed by atoms with van der Waals surface area (Å²) in [4.78, 5) is 4.48. The number of nitrogens with zero attached hydrogens (tertiary/aromatic N) is 1. The van der Waals surface area contributed by atoms with Crippen LogP contribution >= 0.6 is 22.6 Å². The van der Waals surface area contributed by atoms with Gasteiger partial charge in [0.05, 0.1) is 15.9 Å². The highest BCUT2D eigenvalue weighted by molar-refractivity contribution is 14.1. The predicted octanol–water partition coefficient (Wildman–Crippen LogP) is 6.16. The maximum atomic E-state index is 13.8. The van der Waals surface area contributed by atoms with E-state index in [0.29, 0.717) is 23.7 Å². The minimum absolute atomic E-state index is 0.139. The predicted molar refractivity (Wildman–Crippen MR) is 115 cm³/mol. The molecule has 0 radical (unpaired) electrons. The largest absolute Gasteiger partial charge is 0.490 e. The molecule has 0 heterocycles. The molecule has 0 aliphatic heterocycles. The van der Waals surface area contributed by atoms with E-state index in [4.69, 9.17) is 9.47 Å². The van der Waals surface area contributed by atoms with Crippen LogP contribution in [0.25, 0.3) is 0 Å². The van der Waals surface area contributed by atoms with E-state index in [1.807, 2.05) is 49.4 Å². The Morgan fingerprint density at radius 2 is 1.74 bits per heavy atom. The topological polar surface area (TPSA) is 30.8 Å². The molecule has 27 heavy (non-hydrogen) atoms. The number of rotatable bonds is 7. The van der Waals surface area contributed by atoms with Gasteiger partial charge in [-0.2, -0.15) is 0 Å². The molecule has 0 unspecified atom stereocenters. The van der Waals surface area contributed by atoms with Gasteiger partial charge in [-0.05, 0) is 65.4 Å². The van der Waals surface area contributed by atoms with Crippen LogP contribution < -0.4 is 9.47 Å². The van der Waals surface area contributed by atoms with E-state index in [1.165, 1.54) is 6.07 Å². The summed E-state index contributed by atoms with van der Waals surface area (Å²) >= 11 is 2.20. The Balaban J connectivity index is 1.83. The van der Waals surface area contributed by atoms with Gasteiger partial charge in [0.2, 0.25) is 0 Å². The maximum Gasteiger partial charge on any atom is 0.175 e. The first-order chi connectivity index (χ1) is 13.2. The third-order valence-electron chi connectivity index (χ3n) is 3.78. The molecule has 0 amide bonds. The first-order valence-corrected chi connectivity index (χ1v) is 9.67. The molecular formula is C22H19FINO2. The lowest BCUT2D eigenvalue weighted by Gasteiger charge is -2.15. The number of benzene rings is 3. The Kier molecular flexibility index (Phi) is 6.81. The van der Waals surface area contributed by atoms with Crippen molar-refractivity contribution in [2.24, 2.45) is 4.99 Å². The molecule has 0 aromatic heterocycles. The Morgan fingerprint density at radius 1 is 1.00 bits per heavy atom. The molecule has 3 aromatic rings. The second-order valence-corrected chi connectivity index (χ2v) is 6.90. The quantitative estimate of drug-likeness (QED) is 0.303. The number of aliphatic imine (C=N–C) groups is 1. The van der Waals surface area contributed by atoms with Gasteiger partial charge in [-0.1, -0.05) is 36.4 Å². The van der Waals surface area contributed by atoms with Gasteiger partial charge in [0, 0.05) is 11.8 Å². The summed E-state index contributed by atoms with van der Waals surface area (Å²) in [5.41, 5.74) is 2.29. The monoisotopic (exact) mass is 475 g/mol. The van der Waals surface area contributed by atoms with Crippen LogP contribution in [-0.2, 0) is 6.61 Å². The molecule has 138 valence electrons. The van der Waals surface area contributed by atoms with E-state index < -0.39 is 0 Å². The number of para-hydroxylation sites is 1. The molecule has 3 rings (SSSR count). The fraction of sp³-hybridized carbons (Fsp3) is 0.136. The van der Waals surface area contributed by atoms with E-state index in [9.17, 15) is 4.39 Å². The van der Waals surface area contributed by atoms with Crippen LogP contribution in [0, 0.1) is 9.39 Å². The van der Waals surface area contributed by atoms with Crippen LogP contribution in [0.1, 0.15) is 18.1 Å². The molecule has 0 atom stereocenters. The van der Waals surface area contributed by atoms with Crippen molar-refractivity contribution in [1.82, 2.24) is 0 Å². The Morgan fingerprint density at radius 3 is 2.48 bits per heavy atom. The molecule has 0 saturated carbocycles. The zero-order valence-corrected chi connectivity index (χ0v) is 17.0. The first kappa shape index (κ1) is 19.4. The van der Waals surface area contributed by atoms with Crippen LogP contribution in [0.2, 0.25) is 0 Å².